The van der Waals surface area contributed by atoms with Crippen LogP contribution in [-0.4, -0.2) is 47.7 Å². The van der Waals surface area contributed by atoms with Gasteiger partial charge in [-0.1, -0.05) is 19.9 Å². The molecule has 0 spiro atoms. The fraction of sp³-hybridized carbons (Fsp3) is 0.364. The van der Waals surface area contributed by atoms with Crippen LogP contribution in [0.3, 0.4) is 0 Å². The summed E-state index contributed by atoms with van der Waals surface area (Å²) in [5.74, 6) is 0.582. The average Bonchev–Trinajstić information content (AvgIpc) is 2.93. The van der Waals surface area contributed by atoms with Gasteiger partial charge in [0, 0.05) is 49.9 Å². The number of sulfonamides is 1. The predicted molar refractivity (Wildman–Crippen MR) is 117 cm³/mol. The summed E-state index contributed by atoms with van der Waals surface area (Å²) >= 11 is 0. The first-order valence-electron chi connectivity index (χ1n) is 9.96. The van der Waals surface area contributed by atoms with Crippen LogP contribution in [0.25, 0.3) is 5.57 Å². The third-order valence-electron chi connectivity index (χ3n) is 5.97. The zero-order valence-electron chi connectivity index (χ0n) is 18.2. The van der Waals surface area contributed by atoms with E-state index in [1.807, 2.05) is 26.8 Å². The van der Waals surface area contributed by atoms with Gasteiger partial charge in [0.1, 0.15) is 10.7 Å². The molecule has 2 aromatic heterocycles. The Labute approximate surface area is 182 Å². The van der Waals surface area contributed by atoms with E-state index in [0.29, 0.717) is 17.9 Å². The van der Waals surface area contributed by atoms with Gasteiger partial charge in [0.25, 0.3) is 0 Å². The number of pyridine rings is 1. The minimum absolute atomic E-state index is 0.0239. The SMILES string of the molecule is Cc1ncc(C2=CCC3C(=C2)N(c2cncc(S(=O)(=O)N(C)C)c2)C(=O)C3(C)C)cn1. The number of carbonyl (C=O) groups is 1. The molecule has 162 valence electrons. The van der Waals surface area contributed by atoms with Crippen molar-refractivity contribution in [2.45, 2.75) is 32.1 Å². The molecule has 8 nitrogen and oxygen atoms in total. The number of nitrogens with zero attached hydrogens (tertiary/aromatic N) is 5. The van der Waals surface area contributed by atoms with Crippen LogP contribution in [0.5, 0.6) is 0 Å². The van der Waals surface area contributed by atoms with E-state index >= 15 is 0 Å². The molecule has 0 aromatic carbocycles. The normalized spacial score (nSPS) is 20.5. The molecule has 1 atom stereocenters. The van der Waals surface area contributed by atoms with Gasteiger partial charge in [-0.15, -0.1) is 0 Å². The van der Waals surface area contributed by atoms with Gasteiger partial charge in [-0.3, -0.25) is 14.7 Å². The monoisotopic (exact) mass is 439 g/mol. The first-order chi connectivity index (χ1) is 14.5. The van der Waals surface area contributed by atoms with Gasteiger partial charge in [-0.05, 0) is 31.1 Å². The van der Waals surface area contributed by atoms with E-state index < -0.39 is 15.4 Å². The lowest BCUT2D eigenvalue weighted by Gasteiger charge is -2.26. The third-order valence-corrected chi connectivity index (χ3v) is 7.75. The Balaban J connectivity index is 1.81. The largest absolute Gasteiger partial charge is 0.282 e. The maximum Gasteiger partial charge on any atom is 0.244 e. The molecule has 1 aliphatic heterocycles. The molecule has 2 aliphatic rings. The highest BCUT2D eigenvalue weighted by Crippen LogP contribution is 2.50. The number of hydrogen-bond acceptors (Lipinski definition) is 6. The molecular weight excluding hydrogens is 414 g/mol. The molecule has 1 fully saturated rings. The third kappa shape index (κ3) is 3.47. The maximum atomic E-state index is 13.4. The molecule has 3 heterocycles. The first-order valence-corrected chi connectivity index (χ1v) is 11.4. The minimum atomic E-state index is -3.68. The van der Waals surface area contributed by atoms with Gasteiger partial charge in [0.2, 0.25) is 15.9 Å². The van der Waals surface area contributed by atoms with Crippen LogP contribution in [0.2, 0.25) is 0 Å². The molecular formula is C22H25N5O3S. The van der Waals surface area contributed by atoms with E-state index in [-0.39, 0.29) is 16.7 Å². The fourth-order valence-corrected chi connectivity index (χ4v) is 4.90. The molecule has 1 saturated heterocycles. The topological polar surface area (TPSA) is 96.4 Å². The summed E-state index contributed by atoms with van der Waals surface area (Å²) in [7, 11) is -0.747. The van der Waals surface area contributed by atoms with E-state index in [2.05, 4.69) is 21.0 Å². The van der Waals surface area contributed by atoms with Crippen molar-refractivity contribution < 1.29 is 13.2 Å². The van der Waals surface area contributed by atoms with Crippen LogP contribution in [0.4, 0.5) is 5.69 Å². The molecule has 1 aliphatic carbocycles. The van der Waals surface area contributed by atoms with E-state index in [1.54, 1.807) is 17.3 Å². The Morgan fingerprint density at radius 2 is 1.81 bits per heavy atom. The van der Waals surface area contributed by atoms with Gasteiger partial charge in [0.15, 0.2) is 0 Å². The maximum absolute atomic E-state index is 13.4. The summed E-state index contributed by atoms with van der Waals surface area (Å²) in [5.41, 5.74) is 2.45. The van der Waals surface area contributed by atoms with Crippen molar-refractivity contribution in [2.24, 2.45) is 11.3 Å². The summed E-state index contributed by atoms with van der Waals surface area (Å²) in [6.45, 7) is 5.68. The number of hydrogen-bond donors (Lipinski definition) is 0. The van der Waals surface area contributed by atoms with E-state index in [0.717, 1.165) is 21.1 Å². The number of aromatic nitrogens is 3. The number of carbonyl (C=O) groups excluding carboxylic acids is 1. The zero-order chi connectivity index (χ0) is 22.6. The minimum Gasteiger partial charge on any atom is -0.282 e. The standard InChI is InChI=1S/C22H25N5O3S/c1-14-24-10-16(11-25-14)15-6-7-19-20(8-15)27(21(28)22(19,2)3)17-9-18(13-23-12-17)31(29,30)26(4)5/h6,8-13,19H,7H2,1-5H3. The highest BCUT2D eigenvalue weighted by Gasteiger charge is 2.51. The Bertz CT molecular complexity index is 1210. The van der Waals surface area contributed by atoms with Crippen LogP contribution >= 0.6 is 0 Å². The van der Waals surface area contributed by atoms with Gasteiger partial charge in [0.05, 0.1) is 17.3 Å². The molecule has 0 radical (unpaired) electrons. The smallest absolute Gasteiger partial charge is 0.244 e. The van der Waals surface area contributed by atoms with Gasteiger partial charge < -0.3 is 0 Å². The second-order valence-corrected chi connectivity index (χ2v) is 10.7. The fourth-order valence-electron chi connectivity index (χ4n) is 4.01. The molecule has 1 amide bonds. The summed E-state index contributed by atoms with van der Waals surface area (Å²) in [6.07, 6.45) is 11.1. The lowest BCUT2D eigenvalue weighted by atomic mass is 9.75. The summed E-state index contributed by atoms with van der Waals surface area (Å²) in [6, 6.07) is 1.51. The molecule has 9 heteroatoms. The Morgan fingerprint density at radius 3 is 2.45 bits per heavy atom. The Kier molecular flexibility index (Phi) is 5.06. The quantitative estimate of drug-likeness (QED) is 0.727. The van der Waals surface area contributed by atoms with Crippen LogP contribution in [0.15, 0.2) is 53.6 Å². The van der Waals surface area contributed by atoms with Gasteiger partial charge in [-0.2, -0.15) is 0 Å². The molecule has 0 saturated carbocycles. The average molecular weight is 440 g/mol. The molecule has 0 bridgehead atoms. The van der Waals surface area contributed by atoms with Gasteiger partial charge in [-0.25, -0.2) is 22.7 Å². The van der Waals surface area contributed by atoms with Crippen molar-refractivity contribution in [1.82, 2.24) is 19.3 Å². The summed E-state index contributed by atoms with van der Waals surface area (Å²) < 4.78 is 26.3. The predicted octanol–water partition coefficient (Wildman–Crippen LogP) is 2.79. The molecule has 1 unspecified atom stereocenters. The lowest BCUT2D eigenvalue weighted by molar-refractivity contribution is -0.125. The number of amides is 1. The highest BCUT2D eigenvalue weighted by molar-refractivity contribution is 7.89. The van der Waals surface area contributed by atoms with Gasteiger partial charge >= 0.3 is 0 Å². The number of anilines is 1. The van der Waals surface area contributed by atoms with Crippen molar-refractivity contribution in [1.29, 1.82) is 0 Å². The van der Waals surface area contributed by atoms with Crippen molar-refractivity contribution in [3.05, 3.63) is 60.1 Å². The lowest BCUT2D eigenvalue weighted by Crippen LogP contribution is -2.31. The number of allylic oxidation sites excluding steroid dienone is 4. The molecule has 31 heavy (non-hydrogen) atoms. The number of aryl methyl sites for hydroxylation is 1. The molecule has 2 aromatic rings. The van der Waals surface area contributed by atoms with Crippen molar-refractivity contribution >= 4 is 27.2 Å². The summed E-state index contributed by atoms with van der Waals surface area (Å²) in [5, 5.41) is 0. The van der Waals surface area contributed by atoms with Crippen LogP contribution < -0.4 is 4.90 Å². The van der Waals surface area contributed by atoms with Crippen molar-refractivity contribution in [3.63, 3.8) is 0 Å². The van der Waals surface area contributed by atoms with E-state index in [4.69, 9.17) is 0 Å². The van der Waals surface area contributed by atoms with Crippen molar-refractivity contribution in [3.8, 4) is 0 Å². The number of fused-ring (bicyclic) bond motifs is 1. The van der Waals surface area contributed by atoms with Crippen LogP contribution in [0.1, 0.15) is 31.7 Å². The zero-order valence-corrected chi connectivity index (χ0v) is 19.0. The summed E-state index contributed by atoms with van der Waals surface area (Å²) in [4.78, 5) is 27.7. The Morgan fingerprint density at radius 1 is 1.13 bits per heavy atom. The highest BCUT2D eigenvalue weighted by atomic mass is 32.2. The second-order valence-electron chi connectivity index (χ2n) is 8.56. The van der Waals surface area contributed by atoms with Crippen LogP contribution in [-0.2, 0) is 14.8 Å². The van der Waals surface area contributed by atoms with E-state index in [1.165, 1.54) is 32.6 Å². The first kappa shape index (κ1) is 21.3. The Hall–Kier alpha value is -2.91. The number of rotatable bonds is 4. The second kappa shape index (κ2) is 7.35. The molecule has 4 rings (SSSR count). The van der Waals surface area contributed by atoms with Crippen LogP contribution in [0, 0.1) is 18.3 Å². The van der Waals surface area contributed by atoms with Crippen molar-refractivity contribution in [2.75, 3.05) is 19.0 Å². The molecule has 0 N–H and O–H groups in total. The van der Waals surface area contributed by atoms with E-state index in [9.17, 15) is 13.2 Å².